The van der Waals surface area contributed by atoms with E-state index < -0.39 is 11.6 Å². The fourth-order valence-corrected chi connectivity index (χ4v) is 4.33. The first-order valence-corrected chi connectivity index (χ1v) is 13.9. The molecule has 0 amide bonds. The van der Waals surface area contributed by atoms with Crippen LogP contribution >= 0.6 is 0 Å². The van der Waals surface area contributed by atoms with E-state index in [0.29, 0.717) is 22.5 Å². The first-order valence-electron chi connectivity index (χ1n) is 13.9. The fraction of sp³-hybridized carbons (Fsp3) is 0.0588. The third kappa shape index (κ3) is 7.90. The second-order valence-corrected chi connectivity index (χ2v) is 9.92. The number of aromatic nitrogens is 4. The minimum Gasteiger partial charge on any atom is -0.506 e. The molecule has 0 bridgehead atoms. The number of aromatic hydroxyl groups is 4. The van der Waals surface area contributed by atoms with Gasteiger partial charge in [-0.1, -0.05) is 36.4 Å². The van der Waals surface area contributed by atoms with E-state index >= 15 is 0 Å². The summed E-state index contributed by atoms with van der Waals surface area (Å²) in [4.78, 5) is 8.18. The standard InChI is InChI=1S/2C17H14FN3O2.Co/c2*1-11-14(10-19-15-8-7-12(18)9-16(15)22)17(23)21(20-11)13-5-3-2-4-6-13;/h2*2-10,22-23H,1H3;. The Labute approximate surface area is 278 Å². The van der Waals surface area contributed by atoms with Crippen LogP contribution in [0.2, 0.25) is 0 Å². The molecule has 13 heteroatoms. The Bertz CT molecular complexity index is 1900. The number of para-hydroxylation sites is 2. The second kappa shape index (κ2) is 15.0. The normalized spacial score (nSPS) is 11.0. The number of rotatable bonds is 6. The molecular weight excluding hydrogens is 653 g/mol. The summed E-state index contributed by atoms with van der Waals surface area (Å²) >= 11 is 0. The Morgan fingerprint density at radius 3 is 1.28 bits per heavy atom. The molecule has 0 unspecified atom stereocenters. The Kier molecular flexibility index (Phi) is 10.9. The van der Waals surface area contributed by atoms with E-state index in [1.807, 2.05) is 60.7 Å². The molecule has 0 saturated carbocycles. The van der Waals surface area contributed by atoms with Crippen molar-refractivity contribution in [2.24, 2.45) is 9.98 Å². The van der Waals surface area contributed by atoms with Crippen LogP contribution in [0.1, 0.15) is 22.5 Å². The Morgan fingerprint density at radius 1 is 0.574 bits per heavy atom. The summed E-state index contributed by atoms with van der Waals surface area (Å²) in [7, 11) is 0. The molecule has 241 valence electrons. The second-order valence-electron chi connectivity index (χ2n) is 9.92. The molecule has 4 N–H and O–H groups in total. The molecule has 0 spiro atoms. The molecule has 0 atom stereocenters. The van der Waals surface area contributed by atoms with Crippen LogP contribution in [0.4, 0.5) is 20.2 Å². The summed E-state index contributed by atoms with van der Waals surface area (Å²) in [5, 5.41) is 48.6. The van der Waals surface area contributed by atoms with Gasteiger partial charge in [0.2, 0.25) is 11.8 Å². The van der Waals surface area contributed by atoms with Gasteiger partial charge < -0.3 is 20.4 Å². The molecular formula is C34H28CoF2N6O4. The summed E-state index contributed by atoms with van der Waals surface area (Å²) in [5.74, 6) is -1.74. The van der Waals surface area contributed by atoms with Crippen molar-refractivity contribution in [2.75, 3.05) is 0 Å². The van der Waals surface area contributed by atoms with Crippen LogP contribution in [-0.4, -0.2) is 52.4 Å². The first kappa shape index (κ1) is 34.1. The van der Waals surface area contributed by atoms with Crippen LogP contribution in [0.15, 0.2) is 107 Å². The number of hydrogen-bond donors (Lipinski definition) is 4. The Morgan fingerprint density at radius 2 is 0.936 bits per heavy atom. The van der Waals surface area contributed by atoms with E-state index in [1.165, 1.54) is 46.1 Å². The van der Waals surface area contributed by atoms with Crippen molar-refractivity contribution in [2.45, 2.75) is 13.8 Å². The topological polar surface area (TPSA) is 141 Å². The average molecular weight is 682 g/mol. The van der Waals surface area contributed by atoms with Crippen LogP contribution in [0.5, 0.6) is 23.3 Å². The van der Waals surface area contributed by atoms with Gasteiger partial charge in [-0.3, -0.25) is 9.98 Å². The Balaban J connectivity index is 0.000000208. The number of phenolic OH excluding ortho intramolecular Hbond substituents is 2. The predicted molar refractivity (Wildman–Crippen MR) is 171 cm³/mol. The largest absolute Gasteiger partial charge is 0.506 e. The van der Waals surface area contributed by atoms with Crippen LogP contribution in [0.3, 0.4) is 0 Å². The van der Waals surface area contributed by atoms with Gasteiger partial charge >= 0.3 is 0 Å². The molecule has 6 rings (SSSR count). The summed E-state index contributed by atoms with van der Waals surface area (Å²) in [6.45, 7) is 3.48. The van der Waals surface area contributed by atoms with Crippen molar-refractivity contribution >= 4 is 23.8 Å². The molecule has 4 aromatic carbocycles. The van der Waals surface area contributed by atoms with E-state index in [-0.39, 0.29) is 51.4 Å². The summed E-state index contributed by atoms with van der Waals surface area (Å²) in [6, 6.07) is 25.5. The van der Waals surface area contributed by atoms with E-state index in [2.05, 4.69) is 20.2 Å². The van der Waals surface area contributed by atoms with E-state index in [0.717, 1.165) is 23.5 Å². The minimum absolute atomic E-state index is 0. The summed E-state index contributed by atoms with van der Waals surface area (Å²) < 4.78 is 28.7. The molecule has 2 aromatic heterocycles. The zero-order valence-corrected chi connectivity index (χ0v) is 26.0. The SMILES string of the molecule is Cc1nn(-c2ccccc2)c(O)c1C=Nc1ccc(F)cc1O.Cc1nn(-c2ccccc2)c(O)c1C=Nc1ccc(F)cc1O.[Co]. The molecule has 0 aliphatic heterocycles. The van der Waals surface area contributed by atoms with Gasteiger partial charge in [0.15, 0.2) is 0 Å². The third-order valence-electron chi connectivity index (χ3n) is 6.70. The van der Waals surface area contributed by atoms with Crippen molar-refractivity contribution in [1.29, 1.82) is 0 Å². The van der Waals surface area contributed by atoms with Crippen molar-refractivity contribution in [3.63, 3.8) is 0 Å². The van der Waals surface area contributed by atoms with Gasteiger partial charge in [-0.25, -0.2) is 18.1 Å². The smallest absolute Gasteiger partial charge is 0.223 e. The van der Waals surface area contributed by atoms with Crippen molar-refractivity contribution in [3.8, 4) is 34.6 Å². The van der Waals surface area contributed by atoms with Crippen LogP contribution < -0.4 is 0 Å². The number of nitrogens with zero attached hydrogens (tertiary/aromatic N) is 6. The molecule has 0 aliphatic rings. The zero-order chi connectivity index (χ0) is 32.8. The number of hydrogen-bond acceptors (Lipinski definition) is 8. The summed E-state index contributed by atoms with van der Waals surface area (Å²) in [5.41, 5.74) is 3.87. The number of halogens is 2. The van der Waals surface area contributed by atoms with Gasteiger partial charge in [0.05, 0.1) is 33.9 Å². The van der Waals surface area contributed by atoms with Gasteiger partial charge in [-0.05, 0) is 62.4 Å². The fourth-order valence-electron chi connectivity index (χ4n) is 4.33. The maximum absolute atomic E-state index is 13.0. The maximum Gasteiger partial charge on any atom is 0.223 e. The molecule has 2 heterocycles. The van der Waals surface area contributed by atoms with Gasteiger partial charge in [-0.2, -0.15) is 10.2 Å². The third-order valence-corrected chi connectivity index (χ3v) is 6.70. The predicted octanol–water partition coefficient (Wildman–Crippen LogP) is 6.96. The molecule has 47 heavy (non-hydrogen) atoms. The molecule has 0 saturated heterocycles. The van der Waals surface area contributed by atoms with Crippen LogP contribution in [-0.2, 0) is 16.8 Å². The van der Waals surface area contributed by atoms with Gasteiger partial charge in [0, 0.05) is 41.3 Å². The monoisotopic (exact) mass is 681 g/mol. The maximum atomic E-state index is 13.0. The van der Waals surface area contributed by atoms with Gasteiger partial charge in [0.25, 0.3) is 0 Å². The van der Waals surface area contributed by atoms with Crippen LogP contribution in [0.25, 0.3) is 11.4 Å². The molecule has 6 aromatic rings. The minimum atomic E-state index is -0.544. The average Bonchev–Trinajstić information content (AvgIpc) is 3.50. The van der Waals surface area contributed by atoms with E-state index in [4.69, 9.17) is 0 Å². The van der Waals surface area contributed by atoms with Crippen LogP contribution in [0, 0.1) is 25.5 Å². The van der Waals surface area contributed by atoms with Crippen molar-refractivity contribution in [1.82, 2.24) is 19.6 Å². The van der Waals surface area contributed by atoms with Crippen molar-refractivity contribution in [3.05, 3.63) is 131 Å². The number of aryl methyl sites for hydroxylation is 2. The summed E-state index contributed by atoms with van der Waals surface area (Å²) in [6.07, 6.45) is 2.79. The number of benzene rings is 4. The first-order chi connectivity index (χ1) is 22.1. The molecule has 10 nitrogen and oxygen atoms in total. The van der Waals surface area contributed by atoms with E-state index in [1.54, 1.807) is 13.8 Å². The Hall–Kier alpha value is -5.79. The van der Waals surface area contributed by atoms with Gasteiger partial charge in [-0.15, -0.1) is 0 Å². The zero-order valence-electron chi connectivity index (χ0n) is 25.0. The van der Waals surface area contributed by atoms with Crippen molar-refractivity contribution < 1.29 is 46.0 Å². The number of phenols is 2. The van der Waals surface area contributed by atoms with Gasteiger partial charge in [0.1, 0.15) is 34.5 Å². The number of aliphatic imine (C=N–C) groups is 2. The molecule has 0 aliphatic carbocycles. The molecule has 0 fully saturated rings. The van der Waals surface area contributed by atoms with E-state index in [9.17, 15) is 29.2 Å². The quantitative estimate of drug-likeness (QED) is 0.140. The molecule has 1 radical (unpaired) electrons.